The smallest absolute Gasteiger partial charge is 0.303 e. The number of carboxylic acid groups (broad SMARTS) is 2. The van der Waals surface area contributed by atoms with Crippen LogP contribution in [-0.4, -0.2) is 111 Å². The van der Waals surface area contributed by atoms with Crippen LogP contribution < -0.4 is 0 Å². The highest BCUT2D eigenvalue weighted by atomic mass is 16.5. The second-order valence-corrected chi connectivity index (χ2v) is 6.26. The molecule has 2 amide bonds. The standard InChI is InChI=1S/C18H32N2O9/c1-19(15(21)3-5-17(23)24)7-9-27-11-13-29-14-12-28-10-8-20(2)16(22)4-6-18(25)26/h3-14H2,1-2H3,(H,23,24)(H,25,26). The first-order chi connectivity index (χ1) is 13.7. The predicted octanol–water partition coefficient (Wildman–Crippen LogP) is -0.317. The first-order valence-electron chi connectivity index (χ1n) is 9.38. The molecular weight excluding hydrogens is 388 g/mol. The summed E-state index contributed by atoms with van der Waals surface area (Å²) in [5, 5.41) is 17.1. The van der Waals surface area contributed by atoms with Crippen molar-refractivity contribution in [3.63, 3.8) is 0 Å². The third kappa shape index (κ3) is 16.4. The van der Waals surface area contributed by atoms with Gasteiger partial charge in [0.25, 0.3) is 0 Å². The molecule has 0 atom stereocenters. The van der Waals surface area contributed by atoms with Gasteiger partial charge in [-0.25, -0.2) is 0 Å². The predicted molar refractivity (Wildman–Crippen MR) is 101 cm³/mol. The molecule has 11 nitrogen and oxygen atoms in total. The highest BCUT2D eigenvalue weighted by Gasteiger charge is 2.11. The Hall–Kier alpha value is -2.24. The Balaban J connectivity index is 3.47. The zero-order chi connectivity index (χ0) is 22.1. The Morgan fingerprint density at radius 1 is 0.586 bits per heavy atom. The van der Waals surface area contributed by atoms with Gasteiger partial charge in [-0.2, -0.15) is 0 Å². The third-order valence-corrected chi connectivity index (χ3v) is 3.84. The van der Waals surface area contributed by atoms with Crippen molar-refractivity contribution in [3.05, 3.63) is 0 Å². The summed E-state index contributed by atoms with van der Waals surface area (Å²) in [5.74, 6) is -2.47. The van der Waals surface area contributed by atoms with Crippen LogP contribution >= 0.6 is 0 Å². The van der Waals surface area contributed by atoms with Crippen molar-refractivity contribution in [2.75, 3.05) is 66.8 Å². The molecule has 168 valence electrons. The molecule has 0 aromatic carbocycles. The van der Waals surface area contributed by atoms with Gasteiger partial charge in [-0.05, 0) is 0 Å². The van der Waals surface area contributed by atoms with E-state index in [1.807, 2.05) is 0 Å². The SMILES string of the molecule is CN(CCOCCOCCOCCN(C)C(=O)CCC(=O)O)C(=O)CCC(=O)O. The van der Waals surface area contributed by atoms with E-state index in [4.69, 9.17) is 24.4 Å². The van der Waals surface area contributed by atoms with Gasteiger partial charge in [0.05, 0.1) is 52.5 Å². The lowest BCUT2D eigenvalue weighted by atomic mass is 10.3. The zero-order valence-electron chi connectivity index (χ0n) is 17.1. The van der Waals surface area contributed by atoms with Crippen molar-refractivity contribution >= 4 is 23.8 Å². The number of rotatable bonds is 18. The van der Waals surface area contributed by atoms with Crippen LogP contribution in [0.15, 0.2) is 0 Å². The highest BCUT2D eigenvalue weighted by Crippen LogP contribution is 1.97. The molecule has 0 fully saturated rings. The summed E-state index contributed by atoms with van der Waals surface area (Å²) < 4.78 is 16.0. The van der Waals surface area contributed by atoms with E-state index in [1.165, 1.54) is 9.80 Å². The molecule has 0 aliphatic rings. The second-order valence-electron chi connectivity index (χ2n) is 6.26. The fourth-order valence-electron chi connectivity index (χ4n) is 2.00. The lowest BCUT2D eigenvalue weighted by molar-refractivity contribution is -0.140. The van der Waals surface area contributed by atoms with Crippen LogP contribution in [0.3, 0.4) is 0 Å². The van der Waals surface area contributed by atoms with Crippen molar-refractivity contribution in [1.29, 1.82) is 0 Å². The average molecular weight is 420 g/mol. The van der Waals surface area contributed by atoms with E-state index in [0.29, 0.717) is 52.7 Å². The number of hydrogen-bond acceptors (Lipinski definition) is 7. The van der Waals surface area contributed by atoms with Crippen LogP contribution in [0.2, 0.25) is 0 Å². The van der Waals surface area contributed by atoms with E-state index >= 15 is 0 Å². The first kappa shape index (κ1) is 26.8. The molecule has 0 radical (unpaired) electrons. The van der Waals surface area contributed by atoms with Gasteiger partial charge in [0, 0.05) is 40.0 Å². The molecule has 0 unspecified atom stereocenters. The van der Waals surface area contributed by atoms with Gasteiger partial charge in [0.1, 0.15) is 0 Å². The third-order valence-electron chi connectivity index (χ3n) is 3.84. The maximum absolute atomic E-state index is 11.6. The van der Waals surface area contributed by atoms with Crippen LogP contribution in [0, 0.1) is 0 Å². The Morgan fingerprint density at radius 2 is 0.897 bits per heavy atom. The first-order valence-corrected chi connectivity index (χ1v) is 9.38. The van der Waals surface area contributed by atoms with Gasteiger partial charge in [-0.3, -0.25) is 19.2 Å². The summed E-state index contributed by atoms with van der Waals surface area (Å²) in [6, 6.07) is 0. The quantitative estimate of drug-likeness (QED) is 0.285. The van der Waals surface area contributed by atoms with Crippen molar-refractivity contribution in [2.45, 2.75) is 25.7 Å². The minimum absolute atomic E-state index is 0.0266. The maximum atomic E-state index is 11.6. The summed E-state index contributed by atoms with van der Waals surface area (Å²) in [5.41, 5.74) is 0. The highest BCUT2D eigenvalue weighted by molar-refractivity contribution is 5.81. The van der Waals surface area contributed by atoms with E-state index in [-0.39, 0.29) is 37.5 Å². The van der Waals surface area contributed by atoms with Gasteiger partial charge < -0.3 is 34.2 Å². The lowest BCUT2D eigenvalue weighted by Crippen LogP contribution is -2.31. The van der Waals surface area contributed by atoms with Gasteiger partial charge in [-0.1, -0.05) is 0 Å². The largest absolute Gasteiger partial charge is 0.481 e. The number of hydrogen-bond donors (Lipinski definition) is 2. The molecule has 0 aromatic heterocycles. The lowest BCUT2D eigenvalue weighted by Gasteiger charge is -2.17. The number of carbonyl (C=O) groups is 4. The number of carbonyl (C=O) groups excluding carboxylic acids is 2. The molecule has 29 heavy (non-hydrogen) atoms. The van der Waals surface area contributed by atoms with E-state index in [9.17, 15) is 19.2 Å². The number of carboxylic acids is 2. The topological polar surface area (TPSA) is 143 Å². The molecule has 11 heteroatoms. The second kappa shape index (κ2) is 16.7. The Bertz CT molecular complexity index is 470. The molecule has 0 aliphatic heterocycles. The van der Waals surface area contributed by atoms with Crippen molar-refractivity contribution < 1.29 is 43.6 Å². The van der Waals surface area contributed by atoms with E-state index in [1.54, 1.807) is 14.1 Å². The molecule has 0 aliphatic carbocycles. The van der Waals surface area contributed by atoms with Crippen LogP contribution in [0.1, 0.15) is 25.7 Å². The summed E-state index contributed by atoms with van der Waals surface area (Å²) in [4.78, 5) is 46.9. The van der Waals surface area contributed by atoms with E-state index in [0.717, 1.165) is 0 Å². The zero-order valence-corrected chi connectivity index (χ0v) is 17.1. The molecule has 0 aromatic rings. The fraction of sp³-hybridized carbons (Fsp3) is 0.778. The van der Waals surface area contributed by atoms with Crippen molar-refractivity contribution in [1.82, 2.24) is 9.80 Å². The molecule has 0 spiro atoms. The molecule has 0 saturated carbocycles. The van der Waals surface area contributed by atoms with Gasteiger partial charge in [-0.15, -0.1) is 0 Å². The summed E-state index contributed by atoms with van der Waals surface area (Å²) >= 11 is 0. The van der Waals surface area contributed by atoms with Crippen LogP contribution in [0.25, 0.3) is 0 Å². The Kier molecular flexibility index (Phi) is 15.4. The maximum Gasteiger partial charge on any atom is 0.303 e. The van der Waals surface area contributed by atoms with Gasteiger partial charge in [0.2, 0.25) is 11.8 Å². The van der Waals surface area contributed by atoms with Crippen LogP contribution in [0.4, 0.5) is 0 Å². The molecule has 0 bridgehead atoms. The minimum atomic E-state index is -1.000. The number of likely N-dealkylation sites (N-methyl/N-ethyl adjacent to an activating group) is 2. The summed E-state index contributed by atoms with van der Waals surface area (Å²) in [7, 11) is 3.19. The van der Waals surface area contributed by atoms with Gasteiger partial charge >= 0.3 is 11.9 Å². The Labute approximate surface area is 170 Å². The number of ether oxygens (including phenoxy) is 3. The van der Waals surface area contributed by atoms with Gasteiger partial charge in [0.15, 0.2) is 0 Å². The summed E-state index contributed by atoms with van der Waals surface area (Å²) in [6.07, 6.45) is -0.420. The monoisotopic (exact) mass is 420 g/mol. The average Bonchev–Trinajstić information content (AvgIpc) is 2.67. The fourth-order valence-corrected chi connectivity index (χ4v) is 2.00. The van der Waals surface area contributed by atoms with E-state index < -0.39 is 11.9 Å². The minimum Gasteiger partial charge on any atom is -0.481 e. The molecule has 0 rings (SSSR count). The molecule has 0 saturated heterocycles. The van der Waals surface area contributed by atoms with Crippen molar-refractivity contribution in [3.8, 4) is 0 Å². The number of nitrogens with zero attached hydrogens (tertiary/aromatic N) is 2. The molecule has 2 N–H and O–H groups in total. The number of aliphatic carboxylic acids is 2. The van der Waals surface area contributed by atoms with E-state index in [2.05, 4.69) is 0 Å². The van der Waals surface area contributed by atoms with Crippen molar-refractivity contribution in [2.24, 2.45) is 0 Å². The van der Waals surface area contributed by atoms with Crippen LogP contribution in [-0.2, 0) is 33.4 Å². The summed E-state index contributed by atoms with van der Waals surface area (Å²) in [6.45, 7) is 2.87. The van der Waals surface area contributed by atoms with Crippen LogP contribution in [0.5, 0.6) is 0 Å². The Morgan fingerprint density at radius 3 is 1.21 bits per heavy atom. The molecule has 0 heterocycles. The molecular formula is C18H32N2O9. The normalized spacial score (nSPS) is 10.6. The number of amides is 2.